The average molecular weight is 479 g/mol. The predicted octanol–water partition coefficient (Wildman–Crippen LogP) is 6.88. The van der Waals surface area contributed by atoms with Crippen molar-refractivity contribution in [3.63, 3.8) is 0 Å². The van der Waals surface area contributed by atoms with Gasteiger partial charge < -0.3 is 4.90 Å². The summed E-state index contributed by atoms with van der Waals surface area (Å²) in [7, 11) is 0. The number of fused-ring (bicyclic) bond motifs is 2. The predicted molar refractivity (Wildman–Crippen MR) is 149 cm³/mol. The maximum Gasteiger partial charge on any atom is 0.0589 e. The van der Waals surface area contributed by atoms with Gasteiger partial charge in [-0.05, 0) is 104 Å². The van der Waals surface area contributed by atoms with Gasteiger partial charge in [0.1, 0.15) is 0 Å². The zero-order valence-corrected chi connectivity index (χ0v) is 23.8. The maximum absolute atomic E-state index is 4.38. The summed E-state index contributed by atoms with van der Waals surface area (Å²) < 4.78 is 0. The summed E-state index contributed by atoms with van der Waals surface area (Å²) in [5.74, 6) is 0. The van der Waals surface area contributed by atoms with E-state index in [9.17, 15) is 0 Å². The molecular weight excluding hydrogens is 428 g/mol. The van der Waals surface area contributed by atoms with Crippen LogP contribution in [-0.4, -0.2) is 49.9 Å². The second-order valence-corrected chi connectivity index (χ2v) is 12.6. The van der Waals surface area contributed by atoms with Crippen molar-refractivity contribution in [3.05, 3.63) is 65.0 Å². The quantitative estimate of drug-likeness (QED) is 0.446. The number of hydrogen-bond acceptors (Lipinski definition) is 4. The van der Waals surface area contributed by atoms with Gasteiger partial charge in [-0.1, -0.05) is 36.8 Å². The molecule has 0 bridgehead atoms. The van der Waals surface area contributed by atoms with E-state index in [1.54, 1.807) is 0 Å². The zero-order chi connectivity index (χ0) is 25.6. The highest BCUT2D eigenvalue weighted by Gasteiger charge is 2.28. The van der Waals surface area contributed by atoms with E-state index in [0.717, 1.165) is 32.2 Å². The largest absolute Gasteiger partial charge is 0.301 e. The molecule has 0 saturated carbocycles. The van der Waals surface area contributed by atoms with Gasteiger partial charge in [0.15, 0.2) is 0 Å². The molecule has 194 valence electrons. The van der Waals surface area contributed by atoms with Crippen LogP contribution >= 0.6 is 0 Å². The first-order valence-electron chi connectivity index (χ1n) is 13.7. The summed E-state index contributed by atoms with van der Waals surface area (Å²) in [6.07, 6.45) is 6.16. The lowest BCUT2D eigenvalue weighted by Gasteiger charge is -2.31. The number of aromatic nitrogens is 1. The summed E-state index contributed by atoms with van der Waals surface area (Å²) in [6, 6.07) is 13.7. The van der Waals surface area contributed by atoms with Gasteiger partial charge in [0.25, 0.3) is 0 Å². The topological polar surface area (TPSA) is 22.6 Å². The van der Waals surface area contributed by atoms with Gasteiger partial charge in [-0.3, -0.25) is 14.8 Å². The molecule has 0 spiro atoms. The Kier molecular flexibility index (Phi) is 9.53. The summed E-state index contributed by atoms with van der Waals surface area (Å²) in [6.45, 7) is 25.1. The van der Waals surface area contributed by atoms with Gasteiger partial charge in [0.05, 0.1) is 5.69 Å². The summed E-state index contributed by atoms with van der Waals surface area (Å²) >= 11 is 0. The Labute approximate surface area is 215 Å². The van der Waals surface area contributed by atoms with E-state index in [1.165, 1.54) is 54.7 Å². The number of benzene rings is 1. The lowest BCUT2D eigenvalue weighted by molar-refractivity contribution is 0.135. The molecule has 5 rings (SSSR count). The van der Waals surface area contributed by atoms with Crippen LogP contribution in [-0.2, 0) is 26.2 Å². The molecule has 1 fully saturated rings. The van der Waals surface area contributed by atoms with E-state index in [2.05, 4.69) is 105 Å². The first-order chi connectivity index (χ1) is 16.4. The van der Waals surface area contributed by atoms with Gasteiger partial charge >= 0.3 is 0 Å². The maximum atomic E-state index is 4.38. The number of piperidine rings is 1. The molecule has 0 aliphatic carbocycles. The van der Waals surface area contributed by atoms with Crippen molar-refractivity contribution >= 4 is 0 Å². The first-order valence-corrected chi connectivity index (χ1v) is 13.7. The molecule has 4 heteroatoms. The van der Waals surface area contributed by atoms with Crippen LogP contribution in [0.3, 0.4) is 0 Å². The number of nitrogens with zero attached hydrogens (tertiary/aromatic N) is 4. The molecule has 35 heavy (non-hydrogen) atoms. The van der Waals surface area contributed by atoms with Crippen LogP contribution in [0.1, 0.15) is 97.0 Å². The molecular formula is C31H50N4. The number of likely N-dealkylation sites (tertiary alicyclic amines) is 1. The van der Waals surface area contributed by atoms with Crippen LogP contribution in [0.4, 0.5) is 0 Å². The van der Waals surface area contributed by atoms with E-state index in [-0.39, 0.29) is 5.54 Å². The Bertz CT molecular complexity index is 801. The highest BCUT2D eigenvalue weighted by atomic mass is 15.2. The lowest BCUT2D eigenvalue weighted by atomic mass is 10.1. The third-order valence-corrected chi connectivity index (χ3v) is 7.55. The smallest absolute Gasteiger partial charge is 0.0589 e. The molecule has 4 heterocycles. The highest BCUT2D eigenvalue weighted by molar-refractivity contribution is 5.30. The van der Waals surface area contributed by atoms with Crippen LogP contribution in [0.15, 0.2) is 42.6 Å². The molecule has 0 amide bonds. The van der Waals surface area contributed by atoms with Crippen molar-refractivity contribution in [2.24, 2.45) is 0 Å². The second kappa shape index (κ2) is 12.0. The van der Waals surface area contributed by atoms with Crippen LogP contribution in [0, 0.1) is 0 Å². The van der Waals surface area contributed by atoms with E-state index < -0.39 is 0 Å². The van der Waals surface area contributed by atoms with Crippen LogP contribution < -0.4 is 0 Å². The average Bonchev–Trinajstić information content (AvgIpc) is 3.45. The van der Waals surface area contributed by atoms with Crippen LogP contribution in [0.5, 0.6) is 0 Å². The molecule has 0 atom stereocenters. The molecule has 4 nitrogen and oxygen atoms in total. The standard InChI is InChI=1S/C12H17N.C11H16N2.C8H17N/c1-12(2,3)13-8-10-6-4-5-7-11(10)9-13;1-11(2,3)13-7-9-5-4-6-12-10(9)8-13;1-8(2)9-6-4-3-5-7-9/h4-7H,8-9H2,1-3H3;4-6H,7-8H2,1-3H3;8H,3-7H2,1-2H3. The van der Waals surface area contributed by atoms with Crippen molar-refractivity contribution in [3.8, 4) is 0 Å². The van der Waals surface area contributed by atoms with Crippen molar-refractivity contribution < 1.29 is 0 Å². The van der Waals surface area contributed by atoms with Crippen molar-refractivity contribution in [2.75, 3.05) is 13.1 Å². The monoisotopic (exact) mass is 478 g/mol. The second-order valence-electron chi connectivity index (χ2n) is 12.6. The van der Waals surface area contributed by atoms with Gasteiger partial charge in [-0.2, -0.15) is 0 Å². The van der Waals surface area contributed by atoms with Gasteiger partial charge in [-0.15, -0.1) is 0 Å². The fourth-order valence-electron chi connectivity index (χ4n) is 4.92. The normalized spacial score (nSPS) is 18.9. The molecule has 1 aromatic heterocycles. The molecule has 1 aromatic carbocycles. The minimum absolute atomic E-state index is 0.251. The number of pyridine rings is 1. The zero-order valence-electron chi connectivity index (χ0n) is 23.8. The van der Waals surface area contributed by atoms with Crippen LogP contribution in [0.25, 0.3) is 0 Å². The Hall–Kier alpha value is -1.75. The third-order valence-electron chi connectivity index (χ3n) is 7.55. The Balaban J connectivity index is 0.000000150. The van der Waals surface area contributed by atoms with Gasteiger partial charge in [-0.25, -0.2) is 0 Å². The molecule has 0 radical (unpaired) electrons. The van der Waals surface area contributed by atoms with Crippen molar-refractivity contribution in [2.45, 2.75) is 118 Å². The Morgan fingerprint density at radius 3 is 1.60 bits per heavy atom. The molecule has 3 aliphatic rings. The van der Waals surface area contributed by atoms with Gasteiger partial charge in [0, 0.05) is 49.5 Å². The minimum Gasteiger partial charge on any atom is -0.301 e. The summed E-state index contributed by atoms with van der Waals surface area (Å²) in [5.41, 5.74) is 6.17. The van der Waals surface area contributed by atoms with E-state index in [0.29, 0.717) is 5.54 Å². The summed E-state index contributed by atoms with van der Waals surface area (Å²) in [4.78, 5) is 11.9. The van der Waals surface area contributed by atoms with Crippen molar-refractivity contribution in [1.29, 1.82) is 0 Å². The Morgan fingerprint density at radius 2 is 1.14 bits per heavy atom. The fraction of sp³-hybridized carbons (Fsp3) is 0.645. The van der Waals surface area contributed by atoms with E-state index in [4.69, 9.17) is 0 Å². The molecule has 0 unspecified atom stereocenters. The number of rotatable bonds is 1. The number of hydrogen-bond donors (Lipinski definition) is 0. The molecule has 2 aromatic rings. The molecule has 0 N–H and O–H groups in total. The lowest BCUT2D eigenvalue weighted by Crippen LogP contribution is -2.36. The Morgan fingerprint density at radius 1 is 0.657 bits per heavy atom. The first kappa shape index (κ1) is 27.8. The molecule has 1 saturated heterocycles. The van der Waals surface area contributed by atoms with Gasteiger partial charge in [0.2, 0.25) is 0 Å². The highest BCUT2D eigenvalue weighted by Crippen LogP contribution is 2.29. The third kappa shape index (κ3) is 8.13. The van der Waals surface area contributed by atoms with Crippen molar-refractivity contribution in [1.82, 2.24) is 19.7 Å². The van der Waals surface area contributed by atoms with Crippen LogP contribution in [0.2, 0.25) is 0 Å². The van der Waals surface area contributed by atoms with E-state index >= 15 is 0 Å². The van der Waals surface area contributed by atoms with E-state index in [1.807, 2.05) is 12.3 Å². The SMILES string of the molecule is CC(C)(C)N1Cc2ccccc2C1.CC(C)(C)N1Cc2cccnc2C1.CC(C)N1CCCCC1. The fourth-order valence-corrected chi connectivity index (χ4v) is 4.92. The molecule has 3 aliphatic heterocycles. The minimum atomic E-state index is 0.251. The summed E-state index contributed by atoms with van der Waals surface area (Å²) in [5, 5.41) is 0.